The summed E-state index contributed by atoms with van der Waals surface area (Å²) in [5.41, 5.74) is 6.47. The van der Waals surface area contributed by atoms with E-state index < -0.39 is 0 Å². The third kappa shape index (κ3) is 4.48. The lowest BCUT2D eigenvalue weighted by Gasteiger charge is -2.13. The first-order valence-electron chi connectivity index (χ1n) is 10.3. The summed E-state index contributed by atoms with van der Waals surface area (Å²) < 4.78 is 12.6. The van der Waals surface area contributed by atoms with Crippen molar-refractivity contribution in [1.29, 1.82) is 0 Å². The van der Waals surface area contributed by atoms with Gasteiger partial charge in [-0.3, -0.25) is 4.79 Å². The molecule has 0 unspecified atom stereocenters. The predicted molar refractivity (Wildman–Crippen MR) is 133 cm³/mol. The van der Waals surface area contributed by atoms with Crippen LogP contribution in [0.2, 0.25) is 0 Å². The molecule has 5 heteroatoms. The molecule has 0 bridgehead atoms. The van der Waals surface area contributed by atoms with Gasteiger partial charge in [-0.25, -0.2) is 0 Å². The summed E-state index contributed by atoms with van der Waals surface area (Å²) in [5, 5.41) is 3.93. The molecular weight excluding hydrogens is 466 g/mol. The summed E-state index contributed by atoms with van der Waals surface area (Å²) in [6.07, 6.45) is 3.39. The van der Waals surface area contributed by atoms with Gasteiger partial charge in [0.2, 0.25) is 5.91 Å². The van der Waals surface area contributed by atoms with Crippen LogP contribution < -0.4 is 10.1 Å². The molecule has 0 spiro atoms. The Kier molecular flexibility index (Phi) is 6.47. The van der Waals surface area contributed by atoms with Gasteiger partial charge in [0.05, 0.1) is 13.4 Å². The number of hydrogen-bond donors (Lipinski definition) is 1. The molecule has 162 valence electrons. The number of halogens is 1. The van der Waals surface area contributed by atoms with Gasteiger partial charge in [0, 0.05) is 39.2 Å². The van der Waals surface area contributed by atoms with Crippen LogP contribution in [0.15, 0.2) is 81.9 Å². The third-order valence-electron chi connectivity index (χ3n) is 5.47. The van der Waals surface area contributed by atoms with Crippen LogP contribution in [0.5, 0.6) is 5.75 Å². The van der Waals surface area contributed by atoms with E-state index in [1.165, 1.54) is 0 Å². The zero-order valence-corrected chi connectivity index (χ0v) is 19.8. The summed E-state index contributed by atoms with van der Waals surface area (Å²) in [7, 11) is 1.64. The molecule has 0 aliphatic carbocycles. The third-order valence-corrected chi connectivity index (χ3v) is 5.96. The standard InChI is InChI=1S/C27H24BrNO3/c1-17(12-25(30)29-15-19-8-5-4-6-9-19)22-14-23-24(20-10-7-11-21(28)13-20)16-32-27(23)18(2)26(22)31-3/h4-14,16H,15H2,1-3H3,(H,29,30)/b17-12+. The molecular formula is C27H24BrNO3. The minimum atomic E-state index is -0.148. The average molecular weight is 490 g/mol. The lowest BCUT2D eigenvalue weighted by Crippen LogP contribution is -2.20. The van der Waals surface area contributed by atoms with Crippen molar-refractivity contribution in [3.05, 3.63) is 94.2 Å². The second-order valence-corrected chi connectivity index (χ2v) is 8.57. The van der Waals surface area contributed by atoms with Crippen molar-refractivity contribution in [2.75, 3.05) is 7.11 Å². The van der Waals surface area contributed by atoms with E-state index in [4.69, 9.17) is 9.15 Å². The molecule has 32 heavy (non-hydrogen) atoms. The number of rotatable bonds is 6. The summed E-state index contributed by atoms with van der Waals surface area (Å²) >= 11 is 3.54. The van der Waals surface area contributed by atoms with Gasteiger partial charge in [-0.2, -0.15) is 0 Å². The van der Waals surface area contributed by atoms with Crippen molar-refractivity contribution in [2.45, 2.75) is 20.4 Å². The highest BCUT2D eigenvalue weighted by Gasteiger charge is 2.19. The zero-order chi connectivity index (χ0) is 22.7. The second kappa shape index (κ2) is 9.45. The maximum Gasteiger partial charge on any atom is 0.244 e. The normalized spacial score (nSPS) is 11.6. The molecule has 1 aromatic heterocycles. The molecule has 0 saturated carbocycles. The van der Waals surface area contributed by atoms with Crippen LogP contribution in [-0.4, -0.2) is 13.0 Å². The largest absolute Gasteiger partial charge is 0.496 e. The first-order chi connectivity index (χ1) is 15.5. The maximum atomic E-state index is 12.6. The number of fused-ring (bicyclic) bond motifs is 1. The SMILES string of the molecule is COc1c(/C(C)=C/C(=O)NCc2ccccc2)cc2c(-c3cccc(Br)c3)coc2c1C. The van der Waals surface area contributed by atoms with Gasteiger partial charge in [0.15, 0.2) is 0 Å². The number of nitrogens with one attached hydrogen (secondary N) is 1. The van der Waals surface area contributed by atoms with Crippen molar-refractivity contribution in [2.24, 2.45) is 0 Å². The molecule has 4 aromatic rings. The van der Waals surface area contributed by atoms with E-state index in [2.05, 4.69) is 27.3 Å². The minimum Gasteiger partial charge on any atom is -0.496 e. The van der Waals surface area contributed by atoms with Gasteiger partial charge in [-0.05, 0) is 48.7 Å². The number of ether oxygens (including phenoxy) is 1. The highest BCUT2D eigenvalue weighted by atomic mass is 79.9. The number of carbonyl (C=O) groups excluding carboxylic acids is 1. The first-order valence-corrected chi connectivity index (χ1v) is 11.1. The van der Waals surface area contributed by atoms with Gasteiger partial charge in [0.1, 0.15) is 11.3 Å². The smallest absolute Gasteiger partial charge is 0.244 e. The lowest BCUT2D eigenvalue weighted by molar-refractivity contribution is -0.116. The van der Waals surface area contributed by atoms with Crippen molar-refractivity contribution in [1.82, 2.24) is 5.32 Å². The monoisotopic (exact) mass is 489 g/mol. The van der Waals surface area contributed by atoms with Crippen molar-refractivity contribution in [3.63, 3.8) is 0 Å². The second-order valence-electron chi connectivity index (χ2n) is 7.65. The fraction of sp³-hybridized carbons (Fsp3) is 0.148. The molecule has 0 fully saturated rings. The molecule has 1 N–H and O–H groups in total. The number of benzene rings is 3. The van der Waals surface area contributed by atoms with Gasteiger partial charge in [-0.1, -0.05) is 58.4 Å². The van der Waals surface area contributed by atoms with Gasteiger partial charge < -0.3 is 14.5 Å². The Hall–Kier alpha value is -3.31. The van der Waals surface area contributed by atoms with Crippen LogP contribution >= 0.6 is 15.9 Å². The number of methoxy groups -OCH3 is 1. The van der Waals surface area contributed by atoms with Crippen molar-refractivity contribution < 1.29 is 13.9 Å². The molecule has 0 aliphatic rings. The van der Waals surface area contributed by atoms with Gasteiger partial charge >= 0.3 is 0 Å². The van der Waals surface area contributed by atoms with E-state index in [1.54, 1.807) is 19.4 Å². The predicted octanol–water partition coefficient (Wildman–Crippen LogP) is 6.90. The molecule has 0 aliphatic heterocycles. The summed E-state index contributed by atoms with van der Waals surface area (Å²) in [5.74, 6) is 0.558. The molecule has 3 aromatic carbocycles. The molecule has 0 saturated heterocycles. The van der Waals surface area contributed by atoms with Crippen LogP contribution in [0.25, 0.3) is 27.7 Å². The van der Waals surface area contributed by atoms with E-state index in [-0.39, 0.29) is 5.91 Å². The average Bonchev–Trinajstić information content (AvgIpc) is 3.23. The summed E-state index contributed by atoms with van der Waals surface area (Å²) in [6.45, 7) is 4.37. The topological polar surface area (TPSA) is 51.5 Å². The minimum absolute atomic E-state index is 0.148. The maximum absolute atomic E-state index is 12.6. The van der Waals surface area contributed by atoms with E-state index in [9.17, 15) is 4.79 Å². The Labute approximate surface area is 196 Å². The van der Waals surface area contributed by atoms with Crippen LogP contribution in [0, 0.1) is 6.92 Å². The lowest BCUT2D eigenvalue weighted by atomic mass is 9.96. The summed E-state index contributed by atoms with van der Waals surface area (Å²) in [6, 6.07) is 20.0. The van der Waals surface area contributed by atoms with Crippen LogP contribution in [-0.2, 0) is 11.3 Å². The van der Waals surface area contributed by atoms with Crippen LogP contribution in [0.1, 0.15) is 23.6 Å². The van der Waals surface area contributed by atoms with E-state index in [0.29, 0.717) is 12.3 Å². The zero-order valence-electron chi connectivity index (χ0n) is 18.2. The van der Waals surface area contributed by atoms with Gasteiger partial charge in [-0.15, -0.1) is 0 Å². The quantitative estimate of drug-likeness (QED) is 0.299. The Bertz CT molecular complexity index is 1310. The summed E-state index contributed by atoms with van der Waals surface area (Å²) in [4.78, 5) is 12.6. The number of aryl methyl sites for hydroxylation is 1. The van der Waals surface area contributed by atoms with Crippen molar-refractivity contribution in [3.8, 4) is 16.9 Å². The Morgan fingerprint density at radius 3 is 2.62 bits per heavy atom. The molecule has 0 radical (unpaired) electrons. The number of furan rings is 1. The fourth-order valence-corrected chi connectivity index (χ4v) is 4.26. The highest BCUT2D eigenvalue weighted by molar-refractivity contribution is 9.10. The van der Waals surface area contributed by atoms with E-state index in [1.807, 2.05) is 68.4 Å². The Morgan fingerprint density at radius 1 is 1.12 bits per heavy atom. The van der Waals surface area contributed by atoms with E-state index in [0.717, 1.165) is 48.8 Å². The number of amides is 1. The molecule has 1 heterocycles. The van der Waals surface area contributed by atoms with Crippen LogP contribution in [0.4, 0.5) is 0 Å². The Morgan fingerprint density at radius 2 is 1.91 bits per heavy atom. The molecule has 0 atom stereocenters. The number of hydrogen-bond acceptors (Lipinski definition) is 3. The highest BCUT2D eigenvalue weighted by Crippen LogP contribution is 2.40. The molecule has 1 amide bonds. The fourth-order valence-electron chi connectivity index (χ4n) is 3.86. The van der Waals surface area contributed by atoms with E-state index >= 15 is 0 Å². The molecule has 4 nitrogen and oxygen atoms in total. The molecule has 4 rings (SSSR count). The first kappa shape index (κ1) is 21.9. The number of carbonyl (C=O) groups is 1. The van der Waals surface area contributed by atoms with Gasteiger partial charge in [0.25, 0.3) is 0 Å². The van der Waals surface area contributed by atoms with Crippen LogP contribution in [0.3, 0.4) is 0 Å². The number of allylic oxidation sites excluding steroid dienone is 1. The Balaban J connectivity index is 1.71. The van der Waals surface area contributed by atoms with Crippen molar-refractivity contribution >= 4 is 38.4 Å².